The van der Waals surface area contributed by atoms with Crippen LogP contribution in [0.3, 0.4) is 0 Å². The molecule has 0 saturated heterocycles. The highest BCUT2D eigenvalue weighted by atomic mass is 19.4. The Morgan fingerprint density at radius 3 is 2.41 bits per heavy atom. The summed E-state index contributed by atoms with van der Waals surface area (Å²) in [5.41, 5.74) is 6.55. The highest BCUT2D eigenvalue weighted by Crippen LogP contribution is 2.18. The van der Waals surface area contributed by atoms with Gasteiger partial charge in [-0.1, -0.05) is 6.07 Å². The highest BCUT2D eigenvalue weighted by molar-refractivity contribution is 5.27. The van der Waals surface area contributed by atoms with Crippen molar-refractivity contribution in [3.05, 3.63) is 35.1 Å². The molecule has 2 nitrogen and oxygen atoms in total. The Morgan fingerprint density at radius 2 is 1.88 bits per heavy atom. The Morgan fingerprint density at radius 1 is 1.24 bits per heavy atom. The monoisotopic (exact) mass is 250 g/mol. The van der Waals surface area contributed by atoms with Crippen LogP contribution in [0.5, 0.6) is 0 Å². The predicted molar refractivity (Wildman–Crippen MR) is 56.7 cm³/mol. The van der Waals surface area contributed by atoms with Gasteiger partial charge in [0.15, 0.2) is 0 Å². The van der Waals surface area contributed by atoms with Gasteiger partial charge in [0, 0.05) is 13.1 Å². The van der Waals surface area contributed by atoms with E-state index >= 15 is 0 Å². The maximum absolute atomic E-state index is 12.9. The minimum atomic E-state index is -4.24. The third-order valence-electron chi connectivity index (χ3n) is 2.28. The van der Waals surface area contributed by atoms with Gasteiger partial charge in [-0.25, -0.2) is 4.39 Å². The van der Waals surface area contributed by atoms with Crippen LogP contribution < -0.4 is 5.73 Å². The maximum Gasteiger partial charge on any atom is 0.401 e. The Bertz CT molecular complexity index is 376. The summed E-state index contributed by atoms with van der Waals surface area (Å²) < 4.78 is 49.3. The second-order valence-electron chi connectivity index (χ2n) is 3.90. The first-order valence-electron chi connectivity index (χ1n) is 5.04. The summed E-state index contributed by atoms with van der Waals surface area (Å²) in [6.45, 7) is -0.812. The molecule has 0 spiro atoms. The van der Waals surface area contributed by atoms with Crippen LogP contribution in [-0.2, 0) is 13.1 Å². The summed E-state index contributed by atoms with van der Waals surface area (Å²) in [6.07, 6.45) is -4.24. The quantitative estimate of drug-likeness (QED) is 0.831. The van der Waals surface area contributed by atoms with Gasteiger partial charge in [0.1, 0.15) is 5.82 Å². The molecule has 2 N–H and O–H groups in total. The lowest BCUT2D eigenvalue weighted by molar-refractivity contribution is -0.144. The van der Waals surface area contributed by atoms with Crippen LogP contribution in [0, 0.1) is 5.82 Å². The summed E-state index contributed by atoms with van der Waals surface area (Å²) in [6, 6.07) is 3.93. The van der Waals surface area contributed by atoms with E-state index in [4.69, 9.17) is 5.73 Å². The summed E-state index contributed by atoms with van der Waals surface area (Å²) in [5.74, 6) is -0.437. The fourth-order valence-electron chi connectivity index (χ4n) is 1.59. The average Bonchev–Trinajstić information content (AvgIpc) is 2.17. The number of benzene rings is 1. The van der Waals surface area contributed by atoms with Gasteiger partial charge >= 0.3 is 6.18 Å². The van der Waals surface area contributed by atoms with Crippen molar-refractivity contribution in [1.82, 2.24) is 4.90 Å². The summed E-state index contributed by atoms with van der Waals surface area (Å²) >= 11 is 0. The number of rotatable bonds is 4. The molecule has 0 aliphatic heterocycles. The Labute approximate surface area is 97.0 Å². The van der Waals surface area contributed by atoms with Crippen molar-refractivity contribution in [2.24, 2.45) is 5.73 Å². The number of nitrogens with two attached hydrogens (primary N) is 1. The fourth-order valence-corrected chi connectivity index (χ4v) is 1.59. The second-order valence-corrected chi connectivity index (χ2v) is 3.90. The van der Waals surface area contributed by atoms with E-state index in [1.165, 1.54) is 25.2 Å². The molecular formula is C11H14F4N2. The summed E-state index contributed by atoms with van der Waals surface area (Å²) in [7, 11) is 1.36. The highest BCUT2D eigenvalue weighted by Gasteiger charge is 2.29. The van der Waals surface area contributed by atoms with Crippen LogP contribution in [0.4, 0.5) is 17.6 Å². The molecule has 0 saturated carbocycles. The van der Waals surface area contributed by atoms with Gasteiger partial charge in [0.05, 0.1) is 6.54 Å². The van der Waals surface area contributed by atoms with Crippen molar-refractivity contribution >= 4 is 0 Å². The van der Waals surface area contributed by atoms with E-state index in [0.717, 1.165) is 4.90 Å². The normalized spacial score (nSPS) is 12.2. The molecule has 0 heterocycles. The molecule has 0 fully saturated rings. The molecule has 96 valence electrons. The van der Waals surface area contributed by atoms with Crippen molar-refractivity contribution in [3.63, 3.8) is 0 Å². The molecule has 0 bridgehead atoms. The minimum absolute atomic E-state index is 0.0896. The molecule has 0 aliphatic carbocycles. The lowest BCUT2D eigenvalue weighted by Gasteiger charge is -2.20. The van der Waals surface area contributed by atoms with Gasteiger partial charge in [-0.15, -0.1) is 0 Å². The maximum atomic E-state index is 12.9. The smallest absolute Gasteiger partial charge is 0.326 e. The molecule has 0 atom stereocenters. The first kappa shape index (κ1) is 13.9. The van der Waals surface area contributed by atoms with Gasteiger partial charge in [-0.2, -0.15) is 13.2 Å². The van der Waals surface area contributed by atoms with Crippen LogP contribution >= 0.6 is 0 Å². The molecule has 0 aromatic heterocycles. The zero-order valence-electron chi connectivity index (χ0n) is 9.39. The second kappa shape index (κ2) is 5.46. The SMILES string of the molecule is CN(Cc1ccc(F)cc1CN)CC(F)(F)F. The van der Waals surface area contributed by atoms with Crippen LogP contribution in [0.15, 0.2) is 18.2 Å². The van der Waals surface area contributed by atoms with Crippen molar-refractivity contribution in [2.45, 2.75) is 19.3 Å². The molecule has 17 heavy (non-hydrogen) atoms. The topological polar surface area (TPSA) is 29.3 Å². The lowest BCUT2D eigenvalue weighted by Crippen LogP contribution is -2.31. The molecule has 1 rings (SSSR count). The molecule has 0 unspecified atom stereocenters. The predicted octanol–water partition coefficient (Wildman–Crippen LogP) is 2.28. The molecule has 6 heteroatoms. The van der Waals surface area contributed by atoms with E-state index < -0.39 is 18.5 Å². The Balaban J connectivity index is 2.74. The van der Waals surface area contributed by atoms with E-state index in [0.29, 0.717) is 11.1 Å². The number of halogens is 4. The van der Waals surface area contributed by atoms with Gasteiger partial charge in [0.2, 0.25) is 0 Å². The molecule has 0 aliphatic rings. The van der Waals surface area contributed by atoms with Crippen LogP contribution in [-0.4, -0.2) is 24.7 Å². The van der Waals surface area contributed by atoms with Gasteiger partial charge < -0.3 is 5.73 Å². The van der Waals surface area contributed by atoms with Crippen molar-refractivity contribution < 1.29 is 17.6 Å². The van der Waals surface area contributed by atoms with E-state index in [-0.39, 0.29) is 13.1 Å². The summed E-state index contributed by atoms with van der Waals surface area (Å²) in [5, 5.41) is 0. The number of hydrogen-bond donors (Lipinski definition) is 1. The molecule has 0 radical (unpaired) electrons. The number of hydrogen-bond acceptors (Lipinski definition) is 2. The first-order valence-corrected chi connectivity index (χ1v) is 5.04. The third kappa shape index (κ3) is 4.70. The van der Waals surface area contributed by atoms with E-state index in [1.54, 1.807) is 0 Å². The number of alkyl halides is 3. The first-order chi connectivity index (χ1) is 7.81. The van der Waals surface area contributed by atoms with Gasteiger partial charge in [-0.3, -0.25) is 4.90 Å². The average molecular weight is 250 g/mol. The van der Waals surface area contributed by atoms with Gasteiger partial charge in [0.25, 0.3) is 0 Å². The third-order valence-corrected chi connectivity index (χ3v) is 2.28. The molecular weight excluding hydrogens is 236 g/mol. The van der Waals surface area contributed by atoms with Crippen molar-refractivity contribution in [3.8, 4) is 0 Å². The largest absolute Gasteiger partial charge is 0.401 e. The van der Waals surface area contributed by atoms with Crippen LogP contribution in [0.2, 0.25) is 0 Å². The zero-order chi connectivity index (χ0) is 13.1. The summed E-state index contributed by atoms with van der Waals surface area (Å²) in [4.78, 5) is 1.12. The van der Waals surface area contributed by atoms with E-state index in [9.17, 15) is 17.6 Å². The van der Waals surface area contributed by atoms with E-state index in [1.807, 2.05) is 0 Å². The standard InChI is InChI=1S/C11H14F4N2/c1-17(7-11(13,14)15)6-8-2-3-10(12)4-9(8)5-16/h2-4H,5-7,16H2,1H3. The minimum Gasteiger partial charge on any atom is -0.326 e. The Hall–Kier alpha value is -1.14. The number of nitrogens with zero attached hydrogens (tertiary/aromatic N) is 1. The lowest BCUT2D eigenvalue weighted by atomic mass is 10.1. The Kier molecular flexibility index (Phi) is 4.47. The van der Waals surface area contributed by atoms with Crippen molar-refractivity contribution in [2.75, 3.05) is 13.6 Å². The molecule has 1 aromatic rings. The fraction of sp³-hybridized carbons (Fsp3) is 0.455. The van der Waals surface area contributed by atoms with E-state index in [2.05, 4.69) is 0 Å². The molecule has 0 amide bonds. The van der Waals surface area contributed by atoms with Crippen molar-refractivity contribution in [1.29, 1.82) is 0 Å². The van der Waals surface area contributed by atoms with Gasteiger partial charge in [-0.05, 0) is 30.3 Å². The molecule has 1 aromatic carbocycles. The van der Waals surface area contributed by atoms with Crippen LogP contribution in [0.25, 0.3) is 0 Å². The zero-order valence-corrected chi connectivity index (χ0v) is 9.39. The van der Waals surface area contributed by atoms with Crippen LogP contribution in [0.1, 0.15) is 11.1 Å².